The van der Waals surface area contributed by atoms with Gasteiger partial charge in [0.2, 0.25) is 0 Å². The summed E-state index contributed by atoms with van der Waals surface area (Å²) in [5.41, 5.74) is 0.319. The molecule has 0 spiro atoms. The van der Waals surface area contributed by atoms with Gasteiger partial charge in [-0.05, 0) is 42.3 Å². The number of rotatable bonds is 14. The second-order valence-corrected chi connectivity index (χ2v) is 15.8. The molecule has 1 atom stereocenters. The van der Waals surface area contributed by atoms with Crippen molar-refractivity contribution in [3.63, 3.8) is 0 Å². The number of hydrogen-bond acceptors (Lipinski definition) is 3. The highest BCUT2D eigenvalue weighted by atomic mass is 79.9. The molecule has 0 aliphatic carbocycles. The van der Waals surface area contributed by atoms with Gasteiger partial charge in [-0.15, -0.1) is 0 Å². The van der Waals surface area contributed by atoms with Crippen LogP contribution in [0, 0.1) is 0 Å². The lowest BCUT2D eigenvalue weighted by Crippen LogP contribution is -2.31. The molecule has 0 fully saturated rings. The van der Waals surface area contributed by atoms with Gasteiger partial charge in [-0.2, -0.15) is 13.2 Å². The monoisotopic (exact) mass is 545 g/mol. The highest BCUT2D eigenvalue weighted by Crippen LogP contribution is 2.32. The molecule has 0 heterocycles. The molecule has 3 nitrogen and oxygen atoms in total. The van der Waals surface area contributed by atoms with Crippen molar-refractivity contribution in [3.8, 4) is 5.75 Å². The van der Waals surface area contributed by atoms with Gasteiger partial charge in [0, 0.05) is 39.5 Å². The third-order valence-electron chi connectivity index (χ3n) is 5.22. The van der Waals surface area contributed by atoms with Gasteiger partial charge >= 0.3 is 6.18 Å². The maximum Gasteiger partial charge on any atom is 0.416 e. The van der Waals surface area contributed by atoms with Gasteiger partial charge in [-0.25, -0.2) is 0 Å². The molecule has 0 aromatic heterocycles. The lowest BCUT2D eigenvalue weighted by atomic mass is 10.1. The van der Waals surface area contributed by atoms with Gasteiger partial charge in [0.1, 0.15) is 11.9 Å². The predicted molar refractivity (Wildman–Crippen MR) is 135 cm³/mol. The van der Waals surface area contributed by atoms with Crippen LogP contribution in [0.3, 0.4) is 0 Å². The lowest BCUT2D eigenvalue weighted by Gasteiger charge is -2.26. The van der Waals surface area contributed by atoms with Gasteiger partial charge in [-0.3, -0.25) is 4.90 Å². The maximum absolute atomic E-state index is 12.9. The minimum absolute atomic E-state index is 0.267. The van der Waals surface area contributed by atoms with E-state index in [0.29, 0.717) is 18.9 Å². The fourth-order valence-electron chi connectivity index (χ4n) is 3.24. The van der Waals surface area contributed by atoms with E-state index in [1.54, 1.807) is 0 Å². The second kappa shape index (κ2) is 13.5. The summed E-state index contributed by atoms with van der Waals surface area (Å²) in [4.78, 5) is 2.28. The van der Waals surface area contributed by atoms with Crippen LogP contribution >= 0.6 is 15.9 Å². The second-order valence-electron chi connectivity index (χ2n) is 9.34. The highest BCUT2D eigenvalue weighted by molar-refractivity contribution is 9.09. The predicted octanol–water partition coefficient (Wildman–Crippen LogP) is 7.61. The molecule has 8 heteroatoms. The molecular weight excluding hydrogens is 511 g/mol. The molecule has 0 amide bonds. The number of benzene rings is 2. The zero-order valence-corrected chi connectivity index (χ0v) is 22.3. The molecular formula is C25H35BrF3NO2Si. The zero-order valence-electron chi connectivity index (χ0n) is 19.7. The van der Waals surface area contributed by atoms with E-state index < -0.39 is 19.8 Å². The number of alkyl halides is 4. The van der Waals surface area contributed by atoms with Gasteiger partial charge in [0.25, 0.3) is 0 Å². The van der Waals surface area contributed by atoms with Crippen LogP contribution in [-0.4, -0.2) is 44.7 Å². The Kier molecular flexibility index (Phi) is 11.4. The smallest absolute Gasteiger partial charge is 0.416 e. The van der Waals surface area contributed by atoms with Crippen molar-refractivity contribution in [2.45, 2.75) is 50.8 Å². The molecule has 0 radical (unpaired) electrons. The van der Waals surface area contributed by atoms with Crippen LogP contribution in [0.2, 0.25) is 25.7 Å². The van der Waals surface area contributed by atoms with Crippen LogP contribution in [0.1, 0.15) is 30.1 Å². The molecule has 0 bridgehead atoms. The standard InChI is InChI=1S/C25H35BrF3NO2Si/c1-33(2,3)19-18-31-20-30(16-7-15-26)17-14-24(21-8-5-4-6-9-21)32-23-12-10-22(11-13-23)25(27,28)29/h4-6,8-13,24H,7,14-20H2,1-3H3. The molecule has 0 saturated heterocycles. The average Bonchev–Trinajstić information content (AvgIpc) is 2.76. The zero-order chi connectivity index (χ0) is 24.3. The Balaban J connectivity index is 2.03. The van der Waals surface area contributed by atoms with E-state index in [1.807, 2.05) is 30.3 Å². The molecule has 0 saturated carbocycles. The first-order chi connectivity index (χ1) is 15.6. The molecule has 0 aliphatic rings. The first-order valence-electron chi connectivity index (χ1n) is 11.3. The fraction of sp³-hybridized carbons (Fsp3) is 0.520. The SMILES string of the molecule is C[Si](C)(C)CCOCN(CCCBr)CCC(Oc1ccc(C(F)(F)F)cc1)c1ccccc1. The Morgan fingerprint density at radius 2 is 1.64 bits per heavy atom. The van der Waals surface area contributed by atoms with E-state index in [0.717, 1.165) is 55.2 Å². The van der Waals surface area contributed by atoms with E-state index in [9.17, 15) is 13.2 Å². The van der Waals surface area contributed by atoms with Gasteiger partial charge in [-0.1, -0.05) is 65.9 Å². The molecule has 0 N–H and O–H groups in total. The van der Waals surface area contributed by atoms with Crippen molar-refractivity contribution in [1.82, 2.24) is 4.90 Å². The Morgan fingerprint density at radius 3 is 2.21 bits per heavy atom. The Morgan fingerprint density at radius 1 is 0.970 bits per heavy atom. The van der Waals surface area contributed by atoms with Gasteiger partial charge in [0.05, 0.1) is 12.3 Å². The van der Waals surface area contributed by atoms with Crippen molar-refractivity contribution < 1.29 is 22.6 Å². The van der Waals surface area contributed by atoms with Crippen molar-refractivity contribution >= 4 is 24.0 Å². The first-order valence-corrected chi connectivity index (χ1v) is 16.2. The number of hydrogen-bond donors (Lipinski definition) is 0. The van der Waals surface area contributed by atoms with E-state index in [2.05, 4.69) is 40.5 Å². The largest absolute Gasteiger partial charge is 0.486 e. The van der Waals surface area contributed by atoms with E-state index in [-0.39, 0.29) is 6.10 Å². The highest BCUT2D eigenvalue weighted by Gasteiger charge is 2.30. The van der Waals surface area contributed by atoms with Crippen molar-refractivity contribution in [3.05, 3.63) is 65.7 Å². The molecule has 1 unspecified atom stereocenters. The fourth-order valence-corrected chi connectivity index (χ4v) is 4.25. The van der Waals surface area contributed by atoms with Crippen molar-refractivity contribution in [2.75, 3.05) is 31.8 Å². The molecule has 2 aromatic rings. The summed E-state index contributed by atoms with van der Waals surface area (Å²) in [5.74, 6) is 0.426. The third-order valence-corrected chi connectivity index (χ3v) is 7.48. The Labute approximate surface area is 205 Å². The van der Waals surface area contributed by atoms with Crippen LogP contribution in [-0.2, 0) is 10.9 Å². The van der Waals surface area contributed by atoms with Crippen LogP contribution in [0.15, 0.2) is 54.6 Å². The molecule has 184 valence electrons. The summed E-state index contributed by atoms with van der Waals surface area (Å²) in [6.45, 7) is 10.0. The molecule has 0 aliphatic heterocycles. The Hall–Kier alpha value is -1.35. The third kappa shape index (κ3) is 11.1. The number of nitrogens with zero attached hydrogens (tertiary/aromatic N) is 1. The number of ether oxygens (including phenoxy) is 2. The van der Waals surface area contributed by atoms with Crippen LogP contribution in [0.5, 0.6) is 5.75 Å². The normalized spacial score (nSPS) is 13.3. The number of halogens is 4. The average molecular weight is 547 g/mol. The van der Waals surface area contributed by atoms with E-state index in [4.69, 9.17) is 9.47 Å². The topological polar surface area (TPSA) is 21.7 Å². The molecule has 2 rings (SSSR count). The lowest BCUT2D eigenvalue weighted by molar-refractivity contribution is -0.137. The van der Waals surface area contributed by atoms with Crippen molar-refractivity contribution in [2.24, 2.45) is 0 Å². The minimum Gasteiger partial charge on any atom is -0.486 e. The maximum atomic E-state index is 12.9. The van der Waals surface area contributed by atoms with Crippen LogP contribution < -0.4 is 4.74 Å². The summed E-state index contributed by atoms with van der Waals surface area (Å²) in [6.07, 6.45) is -2.92. The summed E-state index contributed by atoms with van der Waals surface area (Å²) < 4.78 is 50.8. The van der Waals surface area contributed by atoms with E-state index >= 15 is 0 Å². The summed E-state index contributed by atoms with van der Waals surface area (Å²) in [6, 6.07) is 15.8. The first kappa shape index (κ1) is 27.9. The Bertz CT molecular complexity index is 798. The van der Waals surface area contributed by atoms with Gasteiger partial charge in [0.15, 0.2) is 0 Å². The molecule has 33 heavy (non-hydrogen) atoms. The van der Waals surface area contributed by atoms with Crippen molar-refractivity contribution in [1.29, 1.82) is 0 Å². The van der Waals surface area contributed by atoms with Gasteiger partial charge < -0.3 is 9.47 Å². The van der Waals surface area contributed by atoms with Crippen LogP contribution in [0.25, 0.3) is 0 Å². The quantitative estimate of drug-likeness (QED) is 0.105. The van der Waals surface area contributed by atoms with Crippen LogP contribution in [0.4, 0.5) is 13.2 Å². The molecule has 2 aromatic carbocycles. The summed E-state index contributed by atoms with van der Waals surface area (Å²) >= 11 is 3.50. The summed E-state index contributed by atoms with van der Waals surface area (Å²) in [5, 5.41) is 0.919. The minimum atomic E-state index is -4.36. The summed E-state index contributed by atoms with van der Waals surface area (Å²) in [7, 11) is -1.14. The van der Waals surface area contributed by atoms with E-state index in [1.165, 1.54) is 12.1 Å².